The van der Waals surface area contributed by atoms with Gasteiger partial charge < -0.3 is 10.4 Å². The number of aromatic hydroxyl groups is 1. The second-order valence-electron chi connectivity index (χ2n) is 5.65. The lowest BCUT2D eigenvalue weighted by Crippen LogP contribution is -2.57. The summed E-state index contributed by atoms with van der Waals surface area (Å²) in [6.07, 6.45) is 3.47. The predicted molar refractivity (Wildman–Crippen MR) is 69.4 cm³/mol. The molecular weight excluding hydrogens is 210 g/mol. The Hall–Kier alpha value is -1.02. The molecule has 2 nitrogen and oxygen atoms in total. The molecule has 3 unspecified atom stereocenters. The fourth-order valence-electron chi connectivity index (χ4n) is 4.03. The Morgan fingerprint density at radius 3 is 3.06 bits per heavy atom. The van der Waals surface area contributed by atoms with Gasteiger partial charge in [0.2, 0.25) is 0 Å². The van der Waals surface area contributed by atoms with Crippen molar-refractivity contribution >= 4 is 0 Å². The fraction of sp³-hybridized carbons (Fsp3) is 0.600. The van der Waals surface area contributed by atoms with Crippen LogP contribution in [-0.2, 0) is 11.8 Å². The highest BCUT2D eigenvalue weighted by molar-refractivity contribution is 5.44. The smallest absolute Gasteiger partial charge is 0.115 e. The molecule has 1 saturated heterocycles. The maximum Gasteiger partial charge on any atom is 0.115 e. The number of piperidine rings is 1. The molecular formula is C15H21NO. The Morgan fingerprint density at radius 2 is 2.29 bits per heavy atom. The second kappa shape index (κ2) is 3.74. The zero-order chi connectivity index (χ0) is 12.0. The van der Waals surface area contributed by atoms with Crippen LogP contribution in [0.2, 0.25) is 0 Å². The molecule has 1 fully saturated rings. The summed E-state index contributed by atoms with van der Waals surface area (Å²) in [5, 5.41) is 13.4. The standard InChI is InChI=1S/C15H21NO/c1-3-15-6-7-16-14(10(15)2)8-11-4-5-12(17)9-13(11)15/h4-5,9-10,14,16-17H,3,6-8H2,1-2H3. The van der Waals surface area contributed by atoms with Crippen molar-refractivity contribution in [3.63, 3.8) is 0 Å². The van der Waals surface area contributed by atoms with Gasteiger partial charge in [0.1, 0.15) is 5.75 Å². The van der Waals surface area contributed by atoms with Crippen LogP contribution in [0.1, 0.15) is 37.8 Å². The van der Waals surface area contributed by atoms with Gasteiger partial charge in [-0.1, -0.05) is 19.9 Å². The van der Waals surface area contributed by atoms with E-state index >= 15 is 0 Å². The van der Waals surface area contributed by atoms with Gasteiger partial charge in [0, 0.05) is 11.5 Å². The first-order valence-electron chi connectivity index (χ1n) is 6.73. The van der Waals surface area contributed by atoms with Crippen molar-refractivity contribution in [2.24, 2.45) is 5.92 Å². The highest BCUT2D eigenvalue weighted by Gasteiger charge is 2.47. The molecule has 17 heavy (non-hydrogen) atoms. The molecule has 0 amide bonds. The monoisotopic (exact) mass is 231 g/mol. The van der Waals surface area contributed by atoms with Gasteiger partial charge >= 0.3 is 0 Å². The van der Waals surface area contributed by atoms with Gasteiger partial charge in [-0.2, -0.15) is 0 Å². The molecule has 2 bridgehead atoms. The molecule has 92 valence electrons. The van der Waals surface area contributed by atoms with Gasteiger partial charge in [0.05, 0.1) is 0 Å². The summed E-state index contributed by atoms with van der Waals surface area (Å²) < 4.78 is 0. The summed E-state index contributed by atoms with van der Waals surface area (Å²) >= 11 is 0. The number of phenols is 1. The van der Waals surface area contributed by atoms with E-state index in [1.165, 1.54) is 24.0 Å². The van der Waals surface area contributed by atoms with E-state index in [-0.39, 0.29) is 5.41 Å². The number of hydrogen-bond donors (Lipinski definition) is 2. The first kappa shape index (κ1) is 11.1. The average molecular weight is 231 g/mol. The molecule has 0 aromatic heterocycles. The van der Waals surface area contributed by atoms with Crippen molar-refractivity contribution in [3.8, 4) is 5.75 Å². The number of nitrogens with one attached hydrogen (secondary N) is 1. The number of phenolic OH excluding ortho intramolecular Hbond substituents is 1. The Morgan fingerprint density at radius 1 is 1.47 bits per heavy atom. The highest BCUT2D eigenvalue weighted by atomic mass is 16.3. The second-order valence-corrected chi connectivity index (χ2v) is 5.65. The van der Waals surface area contributed by atoms with E-state index in [4.69, 9.17) is 0 Å². The summed E-state index contributed by atoms with van der Waals surface area (Å²) in [5.74, 6) is 1.08. The maximum absolute atomic E-state index is 9.77. The van der Waals surface area contributed by atoms with E-state index in [1.807, 2.05) is 12.1 Å². The fourth-order valence-corrected chi connectivity index (χ4v) is 4.03. The molecule has 2 heteroatoms. The lowest BCUT2D eigenvalue weighted by Gasteiger charge is -2.52. The first-order chi connectivity index (χ1) is 8.17. The Bertz CT molecular complexity index is 443. The summed E-state index contributed by atoms with van der Waals surface area (Å²) in [6, 6.07) is 6.56. The van der Waals surface area contributed by atoms with Gasteiger partial charge in [-0.15, -0.1) is 0 Å². The number of rotatable bonds is 1. The van der Waals surface area contributed by atoms with Crippen LogP contribution in [0.5, 0.6) is 5.75 Å². The van der Waals surface area contributed by atoms with E-state index in [9.17, 15) is 5.11 Å². The molecule has 3 atom stereocenters. The molecule has 0 saturated carbocycles. The number of fused-ring (bicyclic) bond motifs is 4. The van der Waals surface area contributed by atoms with Crippen LogP contribution in [0.4, 0.5) is 0 Å². The average Bonchev–Trinajstić information content (AvgIpc) is 2.32. The molecule has 1 aromatic rings. The minimum Gasteiger partial charge on any atom is -0.508 e. The molecule has 1 heterocycles. The zero-order valence-electron chi connectivity index (χ0n) is 10.7. The lowest BCUT2D eigenvalue weighted by atomic mass is 9.57. The lowest BCUT2D eigenvalue weighted by molar-refractivity contribution is 0.136. The van der Waals surface area contributed by atoms with E-state index in [2.05, 4.69) is 25.2 Å². The minimum atomic E-state index is 0.280. The minimum absolute atomic E-state index is 0.280. The predicted octanol–water partition coefficient (Wildman–Crippen LogP) is 2.59. The van der Waals surface area contributed by atoms with E-state index in [0.29, 0.717) is 17.7 Å². The number of hydrogen-bond acceptors (Lipinski definition) is 2. The normalized spacial score (nSPS) is 35.4. The van der Waals surface area contributed by atoms with Crippen LogP contribution in [0, 0.1) is 5.92 Å². The summed E-state index contributed by atoms with van der Waals surface area (Å²) in [4.78, 5) is 0. The third-order valence-corrected chi connectivity index (χ3v) is 5.15. The number of benzene rings is 1. The Kier molecular flexibility index (Phi) is 2.44. The van der Waals surface area contributed by atoms with Crippen molar-refractivity contribution in [1.29, 1.82) is 0 Å². The van der Waals surface area contributed by atoms with Crippen molar-refractivity contribution < 1.29 is 5.11 Å². The molecule has 2 N–H and O–H groups in total. The summed E-state index contributed by atoms with van der Waals surface area (Å²) in [5.41, 5.74) is 3.12. The van der Waals surface area contributed by atoms with Crippen LogP contribution in [0.15, 0.2) is 18.2 Å². The van der Waals surface area contributed by atoms with Crippen LogP contribution in [-0.4, -0.2) is 17.7 Å². The van der Waals surface area contributed by atoms with E-state index in [0.717, 1.165) is 13.0 Å². The largest absolute Gasteiger partial charge is 0.508 e. The molecule has 1 aromatic carbocycles. The zero-order valence-corrected chi connectivity index (χ0v) is 10.7. The first-order valence-corrected chi connectivity index (χ1v) is 6.73. The van der Waals surface area contributed by atoms with Crippen LogP contribution in [0.25, 0.3) is 0 Å². The SMILES string of the molecule is CCC12CCNC(Cc3ccc(O)cc31)C2C. The van der Waals surface area contributed by atoms with Crippen molar-refractivity contribution in [2.45, 2.75) is 44.6 Å². The van der Waals surface area contributed by atoms with Gasteiger partial charge in [-0.3, -0.25) is 0 Å². The topological polar surface area (TPSA) is 32.3 Å². The van der Waals surface area contributed by atoms with Gasteiger partial charge in [-0.05, 0) is 55.0 Å². The van der Waals surface area contributed by atoms with Crippen LogP contribution >= 0.6 is 0 Å². The molecule has 2 aliphatic rings. The van der Waals surface area contributed by atoms with Crippen molar-refractivity contribution in [1.82, 2.24) is 5.32 Å². The van der Waals surface area contributed by atoms with Crippen LogP contribution in [0.3, 0.4) is 0 Å². The van der Waals surface area contributed by atoms with E-state index < -0.39 is 0 Å². The quantitative estimate of drug-likeness (QED) is 0.778. The Labute approximate surface area is 103 Å². The van der Waals surface area contributed by atoms with Crippen LogP contribution < -0.4 is 5.32 Å². The van der Waals surface area contributed by atoms with Gasteiger partial charge in [-0.25, -0.2) is 0 Å². The summed E-state index contributed by atoms with van der Waals surface area (Å²) in [6.45, 7) is 5.77. The molecule has 3 rings (SSSR count). The van der Waals surface area contributed by atoms with E-state index in [1.54, 1.807) is 0 Å². The third kappa shape index (κ3) is 1.43. The van der Waals surface area contributed by atoms with Gasteiger partial charge in [0.15, 0.2) is 0 Å². The molecule has 0 spiro atoms. The van der Waals surface area contributed by atoms with Crippen molar-refractivity contribution in [3.05, 3.63) is 29.3 Å². The molecule has 1 aliphatic carbocycles. The summed E-state index contributed by atoms with van der Waals surface area (Å²) in [7, 11) is 0. The van der Waals surface area contributed by atoms with Gasteiger partial charge in [0.25, 0.3) is 0 Å². The Balaban J connectivity index is 2.19. The molecule has 1 aliphatic heterocycles. The maximum atomic E-state index is 9.77. The third-order valence-electron chi connectivity index (χ3n) is 5.15. The molecule has 0 radical (unpaired) electrons. The van der Waals surface area contributed by atoms with Crippen molar-refractivity contribution in [2.75, 3.05) is 6.54 Å². The highest BCUT2D eigenvalue weighted by Crippen LogP contribution is 2.49.